The first-order chi connectivity index (χ1) is 10.4. The van der Waals surface area contributed by atoms with Crippen LogP contribution >= 0.6 is 0 Å². The second-order valence-corrected chi connectivity index (χ2v) is 5.90. The second-order valence-electron chi connectivity index (χ2n) is 5.90. The number of rotatable bonds is 4. The molecule has 2 amide bonds. The minimum Gasteiger partial charge on any atom is -0.331 e. The Morgan fingerprint density at radius 1 is 1.14 bits per heavy atom. The van der Waals surface area contributed by atoms with Crippen molar-refractivity contribution in [2.45, 2.75) is 46.7 Å². The molecule has 0 aliphatic heterocycles. The molecule has 1 heterocycles. The molecule has 1 aromatic carbocycles. The molecule has 2 aromatic rings. The van der Waals surface area contributed by atoms with Gasteiger partial charge in [0.15, 0.2) is 5.82 Å². The molecule has 2 rings (SSSR count). The van der Waals surface area contributed by atoms with Gasteiger partial charge in [0.05, 0.1) is 6.04 Å². The highest BCUT2D eigenvalue weighted by Crippen LogP contribution is 2.21. The fourth-order valence-corrected chi connectivity index (χ4v) is 2.62. The van der Waals surface area contributed by atoms with Gasteiger partial charge < -0.3 is 5.32 Å². The van der Waals surface area contributed by atoms with Gasteiger partial charge in [0.2, 0.25) is 0 Å². The fraction of sp³-hybridized carbons (Fsp3) is 0.412. The van der Waals surface area contributed by atoms with E-state index in [2.05, 4.69) is 41.7 Å². The Morgan fingerprint density at radius 3 is 2.32 bits per heavy atom. The third-order valence-corrected chi connectivity index (χ3v) is 3.70. The number of hydrogen-bond acceptors (Lipinski definition) is 2. The topological polar surface area (TPSA) is 59.0 Å². The first-order valence-electron chi connectivity index (χ1n) is 7.57. The molecule has 0 aliphatic rings. The summed E-state index contributed by atoms with van der Waals surface area (Å²) in [4.78, 5) is 12.1. The number of hydrogen-bond donors (Lipinski definition) is 2. The first-order valence-corrected chi connectivity index (χ1v) is 7.57. The predicted molar refractivity (Wildman–Crippen MR) is 89.1 cm³/mol. The fourth-order valence-electron chi connectivity index (χ4n) is 2.62. The largest absolute Gasteiger partial charge is 0.331 e. The number of nitrogens with one attached hydrogen (secondary N) is 2. The maximum Gasteiger partial charge on any atom is 0.320 e. The highest BCUT2D eigenvalue weighted by Gasteiger charge is 2.14. The monoisotopic (exact) mass is 300 g/mol. The van der Waals surface area contributed by atoms with E-state index in [1.807, 2.05) is 37.7 Å². The van der Waals surface area contributed by atoms with Crippen molar-refractivity contribution in [3.05, 3.63) is 47.2 Å². The standard InChI is InChI=1S/C17H24N4O/c1-11(2)21-10-9-15(20-21)19-17(22)18-14(5)16-12(3)7-6-8-13(16)4/h6-11,14H,1-5H3,(H2,18,19,20,22). The molecular weight excluding hydrogens is 276 g/mol. The highest BCUT2D eigenvalue weighted by molar-refractivity contribution is 5.88. The van der Waals surface area contributed by atoms with Gasteiger partial charge in [-0.15, -0.1) is 0 Å². The summed E-state index contributed by atoms with van der Waals surface area (Å²) in [5.41, 5.74) is 3.51. The molecule has 2 N–H and O–H groups in total. The van der Waals surface area contributed by atoms with E-state index in [4.69, 9.17) is 0 Å². The Labute approximate surface area is 131 Å². The van der Waals surface area contributed by atoms with Crippen molar-refractivity contribution < 1.29 is 4.79 Å². The zero-order chi connectivity index (χ0) is 16.3. The molecule has 5 heteroatoms. The Morgan fingerprint density at radius 2 is 1.77 bits per heavy atom. The number of aryl methyl sites for hydroxylation is 2. The lowest BCUT2D eigenvalue weighted by Crippen LogP contribution is -2.32. The number of anilines is 1. The molecule has 0 bridgehead atoms. The van der Waals surface area contributed by atoms with E-state index in [1.165, 1.54) is 11.1 Å². The normalized spacial score (nSPS) is 12.3. The summed E-state index contributed by atoms with van der Waals surface area (Å²) in [6.45, 7) is 10.2. The number of amides is 2. The Hall–Kier alpha value is -2.30. The molecule has 1 unspecified atom stereocenters. The van der Waals surface area contributed by atoms with Crippen LogP contribution in [0.25, 0.3) is 0 Å². The van der Waals surface area contributed by atoms with E-state index in [1.54, 1.807) is 6.07 Å². The summed E-state index contributed by atoms with van der Waals surface area (Å²) in [7, 11) is 0. The molecule has 0 saturated carbocycles. The van der Waals surface area contributed by atoms with Crippen LogP contribution in [-0.4, -0.2) is 15.8 Å². The molecule has 1 atom stereocenters. The van der Waals surface area contributed by atoms with Crippen LogP contribution in [0.5, 0.6) is 0 Å². The number of aromatic nitrogens is 2. The van der Waals surface area contributed by atoms with E-state index in [0.29, 0.717) is 5.82 Å². The molecule has 0 aliphatic carbocycles. The Bertz CT molecular complexity index is 640. The van der Waals surface area contributed by atoms with Crippen LogP contribution in [0.1, 0.15) is 49.5 Å². The maximum absolute atomic E-state index is 12.1. The van der Waals surface area contributed by atoms with Crippen LogP contribution in [0, 0.1) is 13.8 Å². The van der Waals surface area contributed by atoms with Gasteiger partial charge in [-0.1, -0.05) is 18.2 Å². The van der Waals surface area contributed by atoms with Gasteiger partial charge in [0.25, 0.3) is 0 Å². The third kappa shape index (κ3) is 3.67. The van der Waals surface area contributed by atoms with E-state index in [9.17, 15) is 4.79 Å². The number of benzene rings is 1. The van der Waals surface area contributed by atoms with Gasteiger partial charge >= 0.3 is 6.03 Å². The van der Waals surface area contributed by atoms with E-state index >= 15 is 0 Å². The van der Waals surface area contributed by atoms with Crippen LogP contribution in [0.3, 0.4) is 0 Å². The molecule has 22 heavy (non-hydrogen) atoms. The molecule has 5 nitrogen and oxygen atoms in total. The zero-order valence-corrected chi connectivity index (χ0v) is 13.8. The maximum atomic E-state index is 12.1. The molecule has 0 fully saturated rings. The Kier molecular flexibility index (Phi) is 4.85. The van der Waals surface area contributed by atoms with Gasteiger partial charge in [0.1, 0.15) is 0 Å². The van der Waals surface area contributed by atoms with Crippen LogP contribution in [0.2, 0.25) is 0 Å². The second kappa shape index (κ2) is 6.64. The van der Waals surface area contributed by atoms with Gasteiger partial charge in [-0.3, -0.25) is 10.00 Å². The summed E-state index contributed by atoms with van der Waals surface area (Å²) >= 11 is 0. The summed E-state index contributed by atoms with van der Waals surface area (Å²) in [5, 5.41) is 10.0. The SMILES string of the molecule is Cc1cccc(C)c1C(C)NC(=O)Nc1ccn(C(C)C)n1. The summed E-state index contributed by atoms with van der Waals surface area (Å²) in [5.74, 6) is 0.555. The lowest BCUT2D eigenvalue weighted by Gasteiger charge is -2.19. The molecule has 118 valence electrons. The lowest BCUT2D eigenvalue weighted by molar-refractivity contribution is 0.249. The molecule has 0 spiro atoms. The number of carbonyl (C=O) groups excluding carboxylic acids is 1. The average molecular weight is 300 g/mol. The summed E-state index contributed by atoms with van der Waals surface area (Å²) in [6, 6.07) is 7.90. The van der Waals surface area contributed by atoms with Gasteiger partial charge in [-0.2, -0.15) is 5.10 Å². The molecule has 0 radical (unpaired) electrons. The molecule has 1 aromatic heterocycles. The quantitative estimate of drug-likeness (QED) is 0.897. The molecular formula is C17H24N4O. The van der Waals surface area contributed by atoms with Crippen LogP contribution < -0.4 is 10.6 Å². The summed E-state index contributed by atoms with van der Waals surface area (Å²) in [6.07, 6.45) is 1.86. The highest BCUT2D eigenvalue weighted by atomic mass is 16.2. The van der Waals surface area contributed by atoms with Crippen molar-refractivity contribution in [1.29, 1.82) is 0 Å². The van der Waals surface area contributed by atoms with Crippen molar-refractivity contribution in [1.82, 2.24) is 15.1 Å². The van der Waals surface area contributed by atoms with Gasteiger partial charge in [0, 0.05) is 18.3 Å². The van der Waals surface area contributed by atoms with Crippen molar-refractivity contribution in [2.24, 2.45) is 0 Å². The minimum atomic E-state index is -0.246. The van der Waals surface area contributed by atoms with E-state index in [-0.39, 0.29) is 18.1 Å². The van der Waals surface area contributed by atoms with Gasteiger partial charge in [-0.25, -0.2) is 4.79 Å². The summed E-state index contributed by atoms with van der Waals surface area (Å²) < 4.78 is 1.81. The van der Waals surface area contributed by atoms with Crippen molar-refractivity contribution in [3.63, 3.8) is 0 Å². The van der Waals surface area contributed by atoms with Crippen molar-refractivity contribution in [2.75, 3.05) is 5.32 Å². The smallest absolute Gasteiger partial charge is 0.320 e. The average Bonchev–Trinajstić information content (AvgIpc) is 2.86. The van der Waals surface area contributed by atoms with E-state index in [0.717, 1.165) is 5.56 Å². The molecule has 0 saturated heterocycles. The minimum absolute atomic E-state index is 0.0617. The first kappa shape index (κ1) is 16.1. The third-order valence-electron chi connectivity index (χ3n) is 3.70. The lowest BCUT2D eigenvalue weighted by atomic mass is 9.97. The van der Waals surface area contributed by atoms with Crippen molar-refractivity contribution in [3.8, 4) is 0 Å². The predicted octanol–water partition coefficient (Wildman–Crippen LogP) is 3.96. The number of urea groups is 1. The number of nitrogens with zero attached hydrogens (tertiary/aromatic N) is 2. The van der Waals surface area contributed by atoms with Crippen LogP contribution in [-0.2, 0) is 0 Å². The van der Waals surface area contributed by atoms with Crippen molar-refractivity contribution >= 4 is 11.8 Å². The van der Waals surface area contributed by atoms with E-state index < -0.39 is 0 Å². The van der Waals surface area contributed by atoms with Crippen LogP contribution in [0.15, 0.2) is 30.5 Å². The Balaban J connectivity index is 2.02. The van der Waals surface area contributed by atoms with Crippen LogP contribution in [0.4, 0.5) is 10.6 Å². The number of carbonyl (C=O) groups is 1. The van der Waals surface area contributed by atoms with Gasteiger partial charge in [-0.05, 0) is 51.3 Å². The zero-order valence-electron chi connectivity index (χ0n) is 13.8.